The SMILES string of the molecule is Cc1nc(NCCCN(C)C)cc(C(=O)Nc2cccc(C(F)(F)F)c2)n1. The molecule has 146 valence electrons. The van der Waals surface area contributed by atoms with Gasteiger partial charge in [-0.1, -0.05) is 6.07 Å². The molecule has 0 saturated heterocycles. The molecule has 0 spiro atoms. The second-order valence-electron chi connectivity index (χ2n) is 6.30. The third-order valence-corrected chi connectivity index (χ3v) is 3.61. The van der Waals surface area contributed by atoms with Crippen LogP contribution in [-0.2, 0) is 6.18 Å². The Hall–Kier alpha value is -2.68. The number of alkyl halides is 3. The Kier molecular flexibility index (Phi) is 6.73. The third-order valence-electron chi connectivity index (χ3n) is 3.61. The first-order valence-electron chi connectivity index (χ1n) is 8.38. The number of carbonyl (C=O) groups is 1. The number of hydrogen-bond donors (Lipinski definition) is 2. The average Bonchev–Trinajstić information content (AvgIpc) is 2.57. The molecule has 0 unspecified atom stereocenters. The van der Waals surface area contributed by atoms with E-state index in [4.69, 9.17) is 0 Å². The monoisotopic (exact) mass is 381 g/mol. The quantitative estimate of drug-likeness (QED) is 0.720. The van der Waals surface area contributed by atoms with Crippen molar-refractivity contribution in [1.82, 2.24) is 14.9 Å². The number of aryl methyl sites for hydroxylation is 1. The molecule has 9 heteroatoms. The summed E-state index contributed by atoms with van der Waals surface area (Å²) in [4.78, 5) is 22.7. The predicted octanol–water partition coefficient (Wildman–Crippen LogP) is 3.42. The maximum atomic E-state index is 12.8. The highest BCUT2D eigenvalue weighted by Crippen LogP contribution is 2.30. The lowest BCUT2D eigenvalue weighted by Gasteiger charge is -2.12. The van der Waals surface area contributed by atoms with Gasteiger partial charge in [0, 0.05) is 18.3 Å². The molecule has 0 aliphatic carbocycles. The predicted molar refractivity (Wildman–Crippen MR) is 97.8 cm³/mol. The van der Waals surface area contributed by atoms with Crippen molar-refractivity contribution < 1.29 is 18.0 Å². The van der Waals surface area contributed by atoms with Crippen LogP contribution in [0.5, 0.6) is 0 Å². The molecule has 2 N–H and O–H groups in total. The summed E-state index contributed by atoms with van der Waals surface area (Å²) in [5, 5.41) is 5.57. The van der Waals surface area contributed by atoms with E-state index >= 15 is 0 Å². The van der Waals surface area contributed by atoms with Crippen LogP contribution in [0.15, 0.2) is 30.3 Å². The maximum absolute atomic E-state index is 12.8. The van der Waals surface area contributed by atoms with Gasteiger partial charge in [-0.25, -0.2) is 9.97 Å². The average molecular weight is 381 g/mol. The van der Waals surface area contributed by atoms with Crippen LogP contribution in [-0.4, -0.2) is 48.0 Å². The van der Waals surface area contributed by atoms with Gasteiger partial charge in [-0.15, -0.1) is 0 Å². The van der Waals surface area contributed by atoms with Crippen molar-refractivity contribution in [2.75, 3.05) is 37.8 Å². The fraction of sp³-hybridized carbons (Fsp3) is 0.389. The zero-order chi connectivity index (χ0) is 20.0. The minimum Gasteiger partial charge on any atom is -0.370 e. The molecule has 0 saturated carbocycles. The van der Waals surface area contributed by atoms with Gasteiger partial charge in [0.2, 0.25) is 0 Å². The first-order valence-corrected chi connectivity index (χ1v) is 8.38. The molecule has 1 amide bonds. The summed E-state index contributed by atoms with van der Waals surface area (Å²) in [6, 6.07) is 5.93. The van der Waals surface area contributed by atoms with E-state index in [9.17, 15) is 18.0 Å². The van der Waals surface area contributed by atoms with Crippen LogP contribution in [0, 0.1) is 6.92 Å². The zero-order valence-electron chi connectivity index (χ0n) is 15.4. The van der Waals surface area contributed by atoms with Gasteiger partial charge in [0.1, 0.15) is 17.3 Å². The van der Waals surface area contributed by atoms with E-state index < -0.39 is 17.6 Å². The van der Waals surface area contributed by atoms with E-state index in [1.54, 1.807) is 6.92 Å². The highest BCUT2D eigenvalue weighted by atomic mass is 19.4. The van der Waals surface area contributed by atoms with Crippen LogP contribution in [0.3, 0.4) is 0 Å². The molecule has 0 fully saturated rings. The molecule has 0 radical (unpaired) electrons. The highest BCUT2D eigenvalue weighted by Gasteiger charge is 2.30. The first-order chi connectivity index (χ1) is 12.6. The van der Waals surface area contributed by atoms with Crippen LogP contribution in [0.4, 0.5) is 24.7 Å². The van der Waals surface area contributed by atoms with Crippen molar-refractivity contribution >= 4 is 17.4 Å². The number of benzene rings is 1. The normalized spacial score (nSPS) is 11.5. The summed E-state index contributed by atoms with van der Waals surface area (Å²) >= 11 is 0. The molecular weight excluding hydrogens is 359 g/mol. The highest BCUT2D eigenvalue weighted by molar-refractivity contribution is 6.03. The van der Waals surface area contributed by atoms with E-state index in [1.165, 1.54) is 18.2 Å². The Bertz CT molecular complexity index is 793. The van der Waals surface area contributed by atoms with E-state index in [0.29, 0.717) is 18.2 Å². The molecule has 0 atom stereocenters. The van der Waals surface area contributed by atoms with E-state index in [2.05, 4.69) is 25.5 Å². The van der Waals surface area contributed by atoms with Gasteiger partial charge in [0.05, 0.1) is 5.56 Å². The van der Waals surface area contributed by atoms with Crippen molar-refractivity contribution in [3.05, 3.63) is 47.4 Å². The van der Waals surface area contributed by atoms with Gasteiger partial charge in [0.15, 0.2) is 0 Å². The molecule has 1 heterocycles. The summed E-state index contributed by atoms with van der Waals surface area (Å²) in [5.41, 5.74) is -0.705. The van der Waals surface area contributed by atoms with Gasteiger partial charge < -0.3 is 15.5 Å². The molecule has 6 nitrogen and oxygen atoms in total. The molecule has 0 aliphatic rings. The summed E-state index contributed by atoms with van der Waals surface area (Å²) < 4.78 is 38.4. The number of nitrogens with zero attached hydrogens (tertiary/aromatic N) is 3. The Balaban J connectivity index is 2.08. The zero-order valence-corrected chi connectivity index (χ0v) is 15.4. The van der Waals surface area contributed by atoms with Gasteiger partial charge in [0.25, 0.3) is 5.91 Å². The second kappa shape index (κ2) is 8.81. The number of amides is 1. The van der Waals surface area contributed by atoms with Crippen LogP contribution < -0.4 is 10.6 Å². The number of carbonyl (C=O) groups excluding carboxylic acids is 1. The van der Waals surface area contributed by atoms with Crippen molar-refractivity contribution in [3.8, 4) is 0 Å². The minimum atomic E-state index is -4.48. The fourth-order valence-corrected chi connectivity index (χ4v) is 2.35. The molecule has 0 aliphatic heterocycles. The number of hydrogen-bond acceptors (Lipinski definition) is 5. The molecule has 2 aromatic rings. The number of nitrogens with one attached hydrogen (secondary N) is 2. The molecule has 0 bridgehead atoms. The fourth-order valence-electron chi connectivity index (χ4n) is 2.35. The van der Waals surface area contributed by atoms with Crippen LogP contribution in [0.25, 0.3) is 0 Å². The number of aromatic nitrogens is 2. The van der Waals surface area contributed by atoms with Gasteiger partial charge in [-0.05, 0) is 52.2 Å². The first kappa shape index (κ1) is 20.6. The summed E-state index contributed by atoms with van der Waals surface area (Å²) in [6.45, 7) is 3.22. The largest absolute Gasteiger partial charge is 0.416 e. The molecule has 2 rings (SSSR count). The molecule has 1 aromatic heterocycles. The summed E-state index contributed by atoms with van der Waals surface area (Å²) in [7, 11) is 3.95. The van der Waals surface area contributed by atoms with E-state index in [0.717, 1.165) is 25.1 Å². The lowest BCUT2D eigenvalue weighted by atomic mass is 10.2. The Morgan fingerprint density at radius 1 is 1.19 bits per heavy atom. The summed E-state index contributed by atoms with van der Waals surface area (Å²) in [5.74, 6) is 0.286. The minimum absolute atomic E-state index is 0.0478. The van der Waals surface area contributed by atoms with Crippen LogP contribution >= 0.6 is 0 Å². The molecular formula is C18H22F3N5O. The number of rotatable bonds is 7. The maximum Gasteiger partial charge on any atom is 0.416 e. The van der Waals surface area contributed by atoms with E-state index in [-0.39, 0.29) is 11.4 Å². The van der Waals surface area contributed by atoms with Gasteiger partial charge in [-0.2, -0.15) is 13.2 Å². The Morgan fingerprint density at radius 3 is 2.59 bits per heavy atom. The van der Waals surface area contributed by atoms with E-state index in [1.807, 2.05) is 14.1 Å². The van der Waals surface area contributed by atoms with Crippen LogP contribution in [0.2, 0.25) is 0 Å². The summed E-state index contributed by atoms with van der Waals surface area (Å²) in [6.07, 6.45) is -3.59. The number of anilines is 2. The van der Waals surface area contributed by atoms with Crippen molar-refractivity contribution in [2.45, 2.75) is 19.5 Å². The lowest BCUT2D eigenvalue weighted by molar-refractivity contribution is -0.137. The van der Waals surface area contributed by atoms with Crippen molar-refractivity contribution in [3.63, 3.8) is 0 Å². The van der Waals surface area contributed by atoms with Crippen LogP contribution in [0.1, 0.15) is 28.3 Å². The van der Waals surface area contributed by atoms with Crippen molar-refractivity contribution in [2.24, 2.45) is 0 Å². The van der Waals surface area contributed by atoms with Gasteiger partial charge in [-0.3, -0.25) is 4.79 Å². The third kappa shape index (κ3) is 6.52. The van der Waals surface area contributed by atoms with Crippen molar-refractivity contribution in [1.29, 1.82) is 0 Å². The lowest BCUT2D eigenvalue weighted by Crippen LogP contribution is -2.18. The topological polar surface area (TPSA) is 70.2 Å². The van der Waals surface area contributed by atoms with Gasteiger partial charge >= 0.3 is 6.18 Å². The molecule has 27 heavy (non-hydrogen) atoms. The second-order valence-corrected chi connectivity index (χ2v) is 6.30. The standard InChI is InChI=1S/C18H22F3N5O/c1-12-23-15(11-16(24-12)22-8-5-9-26(2)3)17(27)25-14-7-4-6-13(10-14)18(19,20)21/h4,6-7,10-11H,5,8-9H2,1-3H3,(H,25,27)(H,22,23,24). The Labute approximate surface area is 155 Å². The Morgan fingerprint density at radius 2 is 1.93 bits per heavy atom. The number of halogens is 3. The molecule has 1 aromatic carbocycles. The smallest absolute Gasteiger partial charge is 0.370 e.